The van der Waals surface area contributed by atoms with Gasteiger partial charge in [0.2, 0.25) is 5.95 Å². The fraction of sp³-hybridized carbons (Fsp3) is 0.667. The van der Waals surface area contributed by atoms with Crippen LogP contribution >= 0.6 is 15.9 Å². The van der Waals surface area contributed by atoms with Crippen molar-refractivity contribution in [2.45, 2.75) is 27.2 Å². The predicted octanol–water partition coefficient (Wildman–Crippen LogP) is 2.47. The van der Waals surface area contributed by atoms with Gasteiger partial charge < -0.3 is 10.0 Å². The Morgan fingerprint density at radius 3 is 2.35 bits per heavy atom. The smallest absolute Gasteiger partial charge is 0.225 e. The van der Waals surface area contributed by atoms with Crippen molar-refractivity contribution in [2.24, 2.45) is 5.41 Å². The van der Waals surface area contributed by atoms with Gasteiger partial charge in [-0.2, -0.15) is 0 Å². The number of aliphatic hydroxyl groups is 1. The minimum Gasteiger partial charge on any atom is -0.396 e. The highest BCUT2D eigenvalue weighted by Crippen LogP contribution is 2.19. The second-order valence-electron chi connectivity index (χ2n) is 5.26. The zero-order valence-corrected chi connectivity index (χ0v) is 12.2. The maximum Gasteiger partial charge on any atom is 0.225 e. The fourth-order valence-electron chi connectivity index (χ4n) is 1.55. The quantitative estimate of drug-likeness (QED) is 0.908. The Morgan fingerprint density at radius 2 is 1.88 bits per heavy atom. The molecule has 1 N–H and O–H groups in total. The second-order valence-corrected chi connectivity index (χ2v) is 6.18. The van der Waals surface area contributed by atoms with E-state index in [1.54, 1.807) is 12.4 Å². The third-order valence-electron chi connectivity index (χ3n) is 2.14. The van der Waals surface area contributed by atoms with Gasteiger partial charge in [-0.15, -0.1) is 0 Å². The van der Waals surface area contributed by atoms with Crippen LogP contribution in [0.25, 0.3) is 0 Å². The molecule has 0 radical (unpaired) electrons. The van der Waals surface area contributed by atoms with Crippen molar-refractivity contribution in [3.05, 3.63) is 16.9 Å². The average Bonchev–Trinajstić information content (AvgIpc) is 2.24. The van der Waals surface area contributed by atoms with Crippen LogP contribution in [-0.4, -0.2) is 34.8 Å². The molecule has 96 valence electrons. The van der Waals surface area contributed by atoms with Gasteiger partial charge >= 0.3 is 0 Å². The van der Waals surface area contributed by atoms with Crippen LogP contribution in [0.2, 0.25) is 0 Å². The molecule has 0 unspecified atom stereocenters. The molecular weight excluding hydrogens is 282 g/mol. The molecule has 0 atom stereocenters. The first-order valence-corrected chi connectivity index (χ1v) is 6.55. The molecule has 0 bridgehead atoms. The Balaban J connectivity index is 2.78. The summed E-state index contributed by atoms with van der Waals surface area (Å²) in [6.45, 7) is 8.37. The van der Waals surface area contributed by atoms with Gasteiger partial charge in [-0.25, -0.2) is 9.97 Å². The Kier molecular flexibility index (Phi) is 5.33. The third kappa shape index (κ3) is 5.46. The molecule has 0 spiro atoms. The lowest BCUT2D eigenvalue weighted by atomic mass is 9.96. The van der Waals surface area contributed by atoms with Crippen LogP contribution in [-0.2, 0) is 0 Å². The molecule has 1 rings (SSSR count). The zero-order valence-electron chi connectivity index (χ0n) is 10.6. The summed E-state index contributed by atoms with van der Waals surface area (Å²) in [5.74, 6) is 0.719. The number of rotatable bonds is 5. The number of halogens is 1. The third-order valence-corrected chi connectivity index (χ3v) is 2.55. The summed E-state index contributed by atoms with van der Waals surface area (Å²) in [4.78, 5) is 10.7. The fourth-order valence-corrected chi connectivity index (χ4v) is 1.76. The van der Waals surface area contributed by atoms with Crippen molar-refractivity contribution in [2.75, 3.05) is 24.6 Å². The zero-order chi connectivity index (χ0) is 12.9. The highest BCUT2D eigenvalue weighted by atomic mass is 79.9. The van der Waals surface area contributed by atoms with E-state index in [9.17, 15) is 0 Å². The molecule has 1 heterocycles. The first-order valence-electron chi connectivity index (χ1n) is 5.76. The predicted molar refractivity (Wildman–Crippen MR) is 73.1 cm³/mol. The summed E-state index contributed by atoms with van der Waals surface area (Å²) < 4.78 is 0.874. The van der Waals surface area contributed by atoms with Crippen LogP contribution in [0, 0.1) is 5.41 Å². The normalized spacial score (nSPS) is 11.6. The Labute approximate surface area is 111 Å². The van der Waals surface area contributed by atoms with E-state index in [4.69, 9.17) is 5.11 Å². The van der Waals surface area contributed by atoms with Gasteiger partial charge in [-0.05, 0) is 27.8 Å². The summed E-state index contributed by atoms with van der Waals surface area (Å²) in [5, 5.41) is 8.93. The molecular formula is C12H20BrN3O. The number of aromatic nitrogens is 2. The van der Waals surface area contributed by atoms with E-state index >= 15 is 0 Å². The molecule has 0 aromatic carbocycles. The molecule has 1 aromatic heterocycles. The maximum absolute atomic E-state index is 8.93. The van der Waals surface area contributed by atoms with Gasteiger partial charge in [0.25, 0.3) is 0 Å². The number of hydrogen-bond acceptors (Lipinski definition) is 4. The lowest BCUT2D eigenvalue weighted by Crippen LogP contribution is -2.35. The summed E-state index contributed by atoms with van der Waals surface area (Å²) in [5.41, 5.74) is 0.173. The monoisotopic (exact) mass is 301 g/mol. The van der Waals surface area contributed by atoms with E-state index in [0.29, 0.717) is 0 Å². The van der Waals surface area contributed by atoms with Crippen molar-refractivity contribution < 1.29 is 5.11 Å². The van der Waals surface area contributed by atoms with E-state index in [1.807, 2.05) is 0 Å². The van der Waals surface area contributed by atoms with Crippen LogP contribution < -0.4 is 4.90 Å². The molecule has 5 heteroatoms. The Morgan fingerprint density at radius 1 is 1.29 bits per heavy atom. The molecule has 4 nitrogen and oxygen atoms in total. The van der Waals surface area contributed by atoms with Gasteiger partial charge in [-0.3, -0.25) is 0 Å². The first-order chi connectivity index (χ1) is 7.92. The largest absolute Gasteiger partial charge is 0.396 e. The standard InChI is InChI=1S/C12H20BrN3O/c1-12(2,3)9-16(5-4-6-17)11-14-7-10(13)8-15-11/h7-8,17H,4-6,9H2,1-3H3. The van der Waals surface area contributed by atoms with Crippen molar-refractivity contribution in [1.29, 1.82) is 0 Å². The average molecular weight is 302 g/mol. The van der Waals surface area contributed by atoms with E-state index in [2.05, 4.69) is 51.6 Å². The number of hydrogen-bond donors (Lipinski definition) is 1. The SMILES string of the molecule is CC(C)(C)CN(CCCO)c1ncc(Br)cn1. The molecule has 0 amide bonds. The van der Waals surface area contributed by atoms with Gasteiger partial charge in [-0.1, -0.05) is 20.8 Å². The molecule has 0 saturated heterocycles. The molecule has 0 saturated carbocycles. The Bertz CT molecular complexity index is 335. The van der Waals surface area contributed by atoms with Crippen LogP contribution in [0.3, 0.4) is 0 Å². The van der Waals surface area contributed by atoms with E-state index in [1.165, 1.54) is 0 Å². The topological polar surface area (TPSA) is 49.2 Å². The van der Waals surface area contributed by atoms with Crippen LogP contribution in [0.15, 0.2) is 16.9 Å². The summed E-state index contributed by atoms with van der Waals surface area (Å²) >= 11 is 3.33. The van der Waals surface area contributed by atoms with Crippen LogP contribution in [0.1, 0.15) is 27.2 Å². The van der Waals surface area contributed by atoms with Crippen molar-refractivity contribution in [1.82, 2.24) is 9.97 Å². The Hall–Kier alpha value is -0.680. The van der Waals surface area contributed by atoms with Gasteiger partial charge in [0.1, 0.15) is 0 Å². The van der Waals surface area contributed by atoms with E-state index in [0.717, 1.165) is 29.9 Å². The van der Waals surface area contributed by atoms with Crippen molar-refractivity contribution >= 4 is 21.9 Å². The van der Waals surface area contributed by atoms with E-state index in [-0.39, 0.29) is 12.0 Å². The number of nitrogens with zero attached hydrogens (tertiary/aromatic N) is 3. The van der Waals surface area contributed by atoms with E-state index < -0.39 is 0 Å². The number of aliphatic hydroxyl groups excluding tert-OH is 1. The summed E-state index contributed by atoms with van der Waals surface area (Å²) in [6.07, 6.45) is 4.23. The van der Waals surface area contributed by atoms with Gasteiger partial charge in [0.05, 0.1) is 4.47 Å². The van der Waals surface area contributed by atoms with Crippen molar-refractivity contribution in [3.8, 4) is 0 Å². The summed E-state index contributed by atoms with van der Waals surface area (Å²) in [7, 11) is 0. The van der Waals surface area contributed by atoms with Gasteiger partial charge in [0.15, 0.2) is 0 Å². The molecule has 0 aliphatic rings. The highest BCUT2D eigenvalue weighted by molar-refractivity contribution is 9.10. The lowest BCUT2D eigenvalue weighted by Gasteiger charge is -2.29. The molecule has 0 fully saturated rings. The minimum atomic E-state index is 0.173. The maximum atomic E-state index is 8.93. The van der Waals surface area contributed by atoms with Crippen LogP contribution in [0.4, 0.5) is 5.95 Å². The molecule has 17 heavy (non-hydrogen) atoms. The number of anilines is 1. The van der Waals surface area contributed by atoms with Gasteiger partial charge in [0, 0.05) is 32.1 Å². The molecule has 1 aromatic rings. The lowest BCUT2D eigenvalue weighted by molar-refractivity contribution is 0.286. The second kappa shape index (κ2) is 6.31. The first kappa shape index (κ1) is 14.4. The van der Waals surface area contributed by atoms with Crippen molar-refractivity contribution in [3.63, 3.8) is 0 Å². The summed E-state index contributed by atoms with van der Waals surface area (Å²) in [6, 6.07) is 0. The molecule has 0 aliphatic heterocycles. The molecule has 0 aliphatic carbocycles. The highest BCUT2D eigenvalue weighted by Gasteiger charge is 2.18. The van der Waals surface area contributed by atoms with Crippen LogP contribution in [0.5, 0.6) is 0 Å². The minimum absolute atomic E-state index is 0.173.